The van der Waals surface area contributed by atoms with Gasteiger partial charge in [0.2, 0.25) is 0 Å². The topological polar surface area (TPSA) is 26.3 Å². The summed E-state index contributed by atoms with van der Waals surface area (Å²) in [7, 11) is 0. The Hall–Kier alpha value is -0.530. The Balaban J connectivity index is 3.71. The van der Waals surface area contributed by atoms with Gasteiger partial charge in [-0.3, -0.25) is 4.79 Å². The maximum Gasteiger partial charge on any atom is 0.305 e. The summed E-state index contributed by atoms with van der Waals surface area (Å²) in [4.78, 5) is 12.3. The minimum absolute atomic E-state index is 0.0459. The van der Waals surface area contributed by atoms with Crippen LogP contribution in [0.1, 0.15) is 188 Å². The molecule has 0 amide bonds. The quantitative estimate of drug-likeness (QED) is 0.0821. The van der Waals surface area contributed by atoms with E-state index in [9.17, 15) is 4.79 Å². The Bertz CT molecular complexity index is 392. The summed E-state index contributed by atoms with van der Waals surface area (Å²) in [6.45, 7) is 7.50. The molecule has 0 radical (unpaired) electrons. The van der Waals surface area contributed by atoms with Gasteiger partial charge in [0.15, 0.2) is 0 Å². The molecule has 0 aromatic carbocycles. The Morgan fingerprint density at radius 2 is 0.794 bits per heavy atom. The maximum atomic E-state index is 12.3. The van der Waals surface area contributed by atoms with Crippen molar-refractivity contribution in [2.24, 2.45) is 5.92 Å². The SMILES string of the molecule is CCCCCCCCCCCCCCCC(=O)OC[C@@H](CCCCCC)CCCCCCCC. The van der Waals surface area contributed by atoms with Gasteiger partial charge in [-0.15, -0.1) is 0 Å². The fraction of sp³-hybridized carbons (Fsp3) is 0.969. The monoisotopic (exact) mass is 480 g/mol. The first-order valence-electron chi connectivity index (χ1n) is 15.9. The molecular weight excluding hydrogens is 416 g/mol. The molecule has 0 saturated carbocycles. The smallest absolute Gasteiger partial charge is 0.305 e. The standard InChI is InChI=1S/C32H64O2/c1-4-7-10-13-15-16-17-18-19-20-21-23-26-29-32(33)34-30-31(27-24-12-9-6-3)28-25-22-14-11-8-5-2/h31H,4-30H2,1-3H3/t31-/m0/s1. The summed E-state index contributed by atoms with van der Waals surface area (Å²) in [5.41, 5.74) is 0. The number of ether oxygens (including phenoxy) is 1. The Morgan fingerprint density at radius 1 is 0.471 bits per heavy atom. The molecule has 2 heteroatoms. The fourth-order valence-corrected chi connectivity index (χ4v) is 4.95. The van der Waals surface area contributed by atoms with Gasteiger partial charge in [-0.2, -0.15) is 0 Å². The van der Waals surface area contributed by atoms with E-state index in [2.05, 4.69) is 20.8 Å². The molecule has 0 fully saturated rings. The molecule has 0 aliphatic carbocycles. The van der Waals surface area contributed by atoms with Crippen LogP contribution in [0.5, 0.6) is 0 Å². The second kappa shape index (κ2) is 28.7. The predicted molar refractivity (Wildman–Crippen MR) is 152 cm³/mol. The van der Waals surface area contributed by atoms with Crippen molar-refractivity contribution >= 4 is 5.97 Å². The van der Waals surface area contributed by atoms with E-state index in [0.717, 1.165) is 6.42 Å². The van der Waals surface area contributed by atoms with Crippen LogP contribution in [0, 0.1) is 5.92 Å². The highest BCUT2D eigenvalue weighted by atomic mass is 16.5. The Morgan fingerprint density at radius 3 is 1.21 bits per heavy atom. The minimum Gasteiger partial charge on any atom is -0.465 e. The van der Waals surface area contributed by atoms with E-state index in [-0.39, 0.29) is 5.97 Å². The molecule has 0 aliphatic heterocycles. The highest BCUT2D eigenvalue weighted by Gasteiger charge is 2.12. The summed E-state index contributed by atoms with van der Waals surface area (Å²) >= 11 is 0. The van der Waals surface area contributed by atoms with Crippen LogP contribution in [0.3, 0.4) is 0 Å². The van der Waals surface area contributed by atoms with Gasteiger partial charge in [0.25, 0.3) is 0 Å². The first-order chi connectivity index (χ1) is 16.7. The fourth-order valence-electron chi connectivity index (χ4n) is 4.95. The first-order valence-corrected chi connectivity index (χ1v) is 15.9. The predicted octanol–water partition coefficient (Wildman–Crippen LogP) is 11.3. The Kier molecular flexibility index (Phi) is 28.3. The van der Waals surface area contributed by atoms with Gasteiger partial charge in [0.05, 0.1) is 6.61 Å². The number of hydrogen-bond donors (Lipinski definition) is 0. The van der Waals surface area contributed by atoms with E-state index in [4.69, 9.17) is 4.74 Å². The molecule has 0 bridgehead atoms. The van der Waals surface area contributed by atoms with Gasteiger partial charge in [0, 0.05) is 6.42 Å². The normalized spacial score (nSPS) is 12.2. The van der Waals surface area contributed by atoms with Crippen molar-refractivity contribution in [3.63, 3.8) is 0 Å². The molecule has 0 aromatic heterocycles. The zero-order valence-electron chi connectivity index (χ0n) is 24.0. The highest BCUT2D eigenvalue weighted by molar-refractivity contribution is 5.69. The molecule has 0 aromatic rings. The van der Waals surface area contributed by atoms with Gasteiger partial charge in [-0.25, -0.2) is 0 Å². The molecule has 2 nitrogen and oxygen atoms in total. The largest absolute Gasteiger partial charge is 0.465 e. The molecule has 204 valence electrons. The zero-order chi connectivity index (χ0) is 25.0. The molecule has 0 unspecified atom stereocenters. The van der Waals surface area contributed by atoms with Gasteiger partial charge in [0.1, 0.15) is 0 Å². The summed E-state index contributed by atoms with van der Waals surface area (Å²) < 4.78 is 5.72. The number of carbonyl (C=O) groups excluding carboxylic acids is 1. The van der Waals surface area contributed by atoms with Gasteiger partial charge in [-0.1, -0.05) is 162 Å². The lowest BCUT2D eigenvalue weighted by Gasteiger charge is -2.17. The zero-order valence-corrected chi connectivity index (χ0v) is 24.0. The van der Waals surface area contributed by atoms with E-state index in [1.54, 1.807) is 0 Å². The second-order valence-electron chi connectivity index (χ2n) is 10.9. The van der Waals surface area contributed by atoms with Gasteiger partial charge in [-0.05, 0) is 25.2 Å². The van der Waals surface area contributed by atoms with Crippen LogP contribution < -0.4 is 0 Å². The van der Waals surface area contributed by atoms with Crippen molar-refractivity contribution in [1.82, 2.24) is 0 Å². The van der Waals surface area contributed by atoms with Crippen molar-refractivity contribution in [2.75, 3.05) is 6.61 Å². The number of hydrogen-bond acceptors (Lipinski definition) is 2. The van der Waals surface area contributed by atoms with Crippen molar-refractivity contribution in [2.45, 2.75) is 188 Å². The van der Waals surface area contributed by atoms with Crippen LogP contribution in [0.2, 0.25) is 0 Å². The molecule has 1 atom stereocenters. The molecule has 34 heavy (non-hydrogen) atoms. The van der Waals surface area contributed by atoms with Crippen LogP contribution in [0.15, 0.2) is 0 Å². The van der Waals surface area contributed by atoms with Crippen molar-refractivity contribution < 1.29 is 9.53 Å². The van der Waals surface area contributed by atoms with Gasteiger partial charge >= 0.3 is 5.97 Å². The van der Waals surface area contributed by atoms with Crippen molar-refractivity contribution in [3.8, 4) is 0 Å². The van der Waals surface area contributed by atoms with Crippen LogP contribution in [-0.2, 0) is 9.53 Å². The third-order valence-corrected chi connectivity index (χ3v) is 7.40. The molecule has 0 N–H and O–H groups in total. The lowest BCUT2D eigenvalue weighted by Crippen LogP contribution is -2.14. The lowest BCUT2D eigenvalue weighted by molar-refractivity contribution is -0.145. The molecular formula is C32H64O2. The molecule has 0 heterocycles. The van der Waals surface area contributed by atoms with Crippen LogP contribution in [0.25, 0.3) is 0 Å². The van der Waals surface area contributed by atoms with Crippen molar-refractivity contribution in [1.29, 1.82) is 0 Å². The molecule has 0 spiro atoms. The summed E-state index contributed by atoms with van der Waals surface area (Å²) in [6, 6.07) is 0. The van der Waals surface area contributed by atoms with E-state index in [1.165, 1.54) is 154 Å². The first kappa shape index (κ1) is 33.5. The highest BCUT2D eigenvalue weighted by Crippen LogP contribution is 2.20. The molecule has 0 aliphatic rings. The average Bonchev–Trinajstić information content (AvgIpc) is 2.84. The van der Waals surface area contributed by atoms with E-state index >= 15 is 0 Å². The molecule has 0 saturated heterocycles. The van der Waals surface area contributed by atoms with Crippen LogP contribution in [-0.4, -0.2) is 12.6 Å². The third kappa shape index (κ3) is 26.1. The average molecular weight is 481 g/mol. The number of rotatable bonds is 28. The van der Waals surface area contributed by atoms with Crippen LogP contribution in [0.4, 0.5) is 0 Å². The third-order valence-electron chi connectivity index (χ3n) is 7.40. The summed E-state index contributed by atoms with van der Waals surface area (Å²) in [5, 5.41) is 0. The van der Waals surface area contributed by atoms with Gasteiger partial charge < -0.3 is 4.74 Å². The number of carbonyl (C=O) groups is 1. The second-order valence-corrected chi connectivity index (χ2v) is 10.9. The van der Waals surface area contributed by atoms with Crippen molar-refractivity contribution in [3.05, 3.63) is 0 Å². The molecule has 0 rings (SSSR count). The van der Waals surface area contributed by atoms with E-state index < -0.39 is 0 Å². The lowest BCUT2D eigenvalue weighted by atomic mass is 9.95. The maximum absolute atomic E-state index is 12.3. The number of unbranched alkanes of at least 4 members (excludes halogenated alkanes) is 20. The van der Waals surface area contributed by atoms with E-state index in [0.29, 0.717) is 18.9 Å². The Labute approximate surface area is 215 Å². The number of esters is 1. The summed E-state index contributed by atoms with van der Waals surface area (Å²) in [6.07, 6.45) is 33.9. The summed E-state index contributed by atoms with van der Waals surface area (Å²) in [5.74, 6) is 0.628. The van der Waals surface area contributed by atoms with E-state index in [1.807, 2.05) is 0 Å². The van der Waals surface area contributed by atoms with Crippen LogP contribution >= 0.6 is 0 Å². The minimum atomic E-state index is 0.0459.